The van der Waals surface area contributed by atoms with Gasteiger partial charge in [0, 0.05) is 38.4 Å². The second-order valence-corrected chi connectivity index (χ2v) is 10.9. The van der Waals surface area contributed by atoms with Gasteiger partial charge in [-0.2, -0.15) is 4.31 Å². The Balaban J connectivity index is 1.33. The summed E-state index contributed by atoms with van der Waals surface area (Å²) < 4.78 is 27.5. The van der Waals surface area contributed by atoms with E-state index in [0.717, 1.165) is 24.2 Å². The molecule has 0 aliphatic carbocycles. The first-order valence-corrected chi connectivity index (χ1v) is 13.1. The van der Waals surface area contributed by atoms with Crippen LogP contribution in [0.3, 0.4) is 0 Å². The van der Waals surface area contributed by atoms with Crippen molar-refractivity contribution in [3.8, 4) is 0 Å². The van der Waals surface area contributed by atoms with Crippen LogP contribution in [0.2, 0.25) is 0 Å². The molecule has 2 aliphatic rings. The van der Waals surface area contributed by atoms with Gasteiger partial charge in [0.05, 0.1) is 10.8 Å². The molecule has 2 heterocycles. The first kappa shape index (κ1) is 22.8. The number of rotatable bonds is 6. The minimum Gasteiger partial charge on any atom is -0.372 e. The second kappa shape index (κ2) is 10.0. The molecule has 4 rings (SSSR count). The first-order chi connectivity index (χ1) is 15.4. The van der Waals surface area contributed by atoms with Gasteiger partial charge >= 0.3 is 0 Å². The average Bonchev–Trinajstić information content (AvgIpc) is 2.84. The minimum atomic E-state index is -3.58. The van der Waals surface area contributed by atoms with Crippen molar-refractivity contribution in [3.05, 3.63) is 59.7 Å². The van der Waals surface area contributed by atoms with Crippen LogP contribution in [-0.4, -0.2) is 44.8 Å². The molecule has 2 fully saturated rings. The molecule has 2 aromatic carbocycles. The summed E-state index contributed by atoms with van der Waals surface area (Å²) >= 11 is 0. The molecule has 0 unspecified atom stereocenters. The Labute approximate surface area is 191 Å². The third-order valence-corrected chi connectivity index (χ3v) is 8.42. The zero-order chi connectivity index (χ0) is 22.6. The lowest BCUT2D eigenvalue weighted by molar-refractivity contribution is -0.126. The zero-order valence-corrected chi connectivity index (χ0v) is 19.6. The van der Waals surface area contributed by atoms with E-state index in [4.69, 9.17) is 0 Å². The van der Waals surface area contributed by atoms with Gasteiger partial charge in [-0.1, -0.05) is 29.8 Å². The van der Waals surface area contributed by atoms with E-state index in [1.807, 2.05) is 6.92 Å². The van der Waals surface area contributed by atoms with E-state index in [-0.39, 0.29) is 23.3 Å². The number of piperidine rings is 2. The van der Waals surface area contributed by atoms with Gasteiger partial charge in [-0.15, -0.1) is 0 Å². The SMILES string of the molecule is Cc1ccc(S(=O)(=O)N2CCC[C@@H](C(=O)NCc3ccc(N4CCCCC4)cc3)C2)cc1. The van der Waals surface area contributed by atoms with Crippen molar-refractivity contribution in [1.29, 1.82) is 0 Å². The number of nitrogens with zero attached hydrogens (tertiary/aromatic N) is 2. The maximum atomic E-state index is 13.0. The number of anilines is 1. The molecular weight excluding hydrogens is 422 g/mol. The van der Waals surface area contributed by atoms with Crippen LogP contribution in [0, 0.1) is 12.8 Å². The molecule has 0 saturated carbocycles. The number of sulfonamides is 1. The molecule has 2 aliphatic heterocycles. The van der Waals surface area contributed by atoms with Crippen molar-refractivity contribution in [2.75, 3.05) is 31.1 Å². The van der Waals surface area contributed by atoms with Gasteiger partial charge in [0.25, 0.3) is 0 Å². The van der Waals surface area contributed by atoms with Crippen molar-refractivity contribution < 1.29 is 13.2 Å². The second-order valence-electron chi connectivity index (χ2n) is 8.95. The first-order valence-electron chi connectivity index (χ1n) is 11.6. The largest absolute Gasteiger partial charge is 0.372 e. The van der Waals surface area contributed by atoms with E-state index in [0.29, 0.717) is 25.9 Å². The smallest absolute Gasteiger partial charge is 0.243 e. The number of amides is 1. The number of carbonyl (C=O) groups is 1. The molecule has 2 aromatic rings. The molecule has 1 atom stereocenters. The summed E-state index contributed by atoms with van der Waals surface area (Å²) in [4.78, 5) is 15.5. The fourth-order valence-corrected chi connectivity index (χ4v) is 6.07. The predicted molar refractivity (Wildman–Crippen MR) is 127 cm³/mol. The van der Waals surface area contributed by atoms with Gasteiger partial charge in [0.15, 0.2) is 0 Å². The number of hydrogen-bond donors (Lipinski definition) is 1. The van der Waals surface area contributed by atoms with E-state index < -0.39 is 10.0 Å². The fourth-order valence-electron chi connectivity index (χ4n) is 4.54. The number of hydrogen-bond acceptors (Lipinski definition) is 4. The van der Waals surface area contributed by atoms with Gasteiger partial charge in [-0.25, -0.2) is 8.42 Å². The molecule has 7 heteroatoms. The van der Waals surface area contributed by atoms with E-state index >= 15 is 0 Å². The summed E-state index contributed by atoms with van der Waals surface area (Å²) in [5, 5.41) is 3.01. The Morgan fingerprint density at radius 1 is 0.938 bits per heavy atom. The van der Waals surface area contributed by atoms with Crippen molar-refractivity contribution in [3.63, 3.8) is 0 Å². The van der Waals surface area contributed by atoms with Crippen molar-refractivity contribution >= 4 is 21.6 Å². The Hall–Kier alpha value is -2.38. The molecule has 0 spiro atoms. The number of carbonyl (C=O) groups excluding carboxylic acids is 1. The van der Waals surface area contributed by atoms with Gasteiger partial charge in [0.2, 0.25) is 15.9 Å². The number of aryl methyl sites for hydroxylation is 1. The highest BCUT2D eigenvalue weighted by molar-refractivity contribution is 7.89. The van der Waals surface area contributed by atoms with Crippen LogP contribution in [0.1, 0.15) is 43.2 Å². The fraction of sp³-hybridized carbons (Fsp3) is 0.480. The molecule has 0 bridgehead atoms. The van der Waals surface area contributed by atoms with Gasteiger partial charge in [0.1, 0.15) is 0 Å². The molecule has 6 nitrogen and oxygen atoms in total. The lowest BCUT2D eigenvalue weighted by atomic mass is 9.98. The highest BCUT2D eigenvalue weighted by Gasteiger charge is 2.33. The quantitative estimate of drug-likeness (QED) is 0.721. The van der Waals surface area contributed by atoms with Crippen LogP contribution in [0.5, 0.6) is 0 Å². The van der Waals surface area contributed by atoms with Crippen molar-refractivity contribution in [1.82, 2.24) is 9.62 Å². The van der Waals surface area contributed by atoms with Gasteiger partial charge < -0.3 is 10.2 Å². The van der Waals surface area contributed by atoms with E-state index in [1.165, 1.54) is 29.3 Å². The summed E-state index contributed by atoms with van der Waals surface area (Å²) in [6.45, 7) is 5.30. The van der Waals surface area contributed by atoms with E-state index in [2.05, 4.69) is 34.5 Å². The van der Waals surface area contributed by atoms with Crippen LogP contribution >= 0.6 is 0 Å². The van der Waals surface area contributed by atoms with Gasteiger partial charge in [-0.05, 0) is 68.9 Å². The summed E-state index contributed by atoms with van der Waals surface area (Å²) in [6, 6.07) is 15.3. The minimum absolute atomic E-state index is 0.0751. The average molecular weight is 456 g/mol. The maximum Gasteiger partial charge on any atom is 0.243 e. The van der Waals surface area contributed by atoms with Gasteiger partial charge in [-0.3, -0.25) is 4.79 Å². The molecule has 32 heavy (non-hydrogen) atoms. The van der Waals surface area contributed by atoms with Crippen molar-refractivity contribution in [2.24, 2.45) is 5.92 Å². The van der Waals surface area contributed by atoms with E-state index in [1.54, 1.807) is 24.3 Å². The third-order valence-electron chi connectivity index (χ3n) is 6.54. The summed E-state index contributed by atoms with van der Waals surface area (Å²) in [5.74, 6) is -0.398. The highest BCUT2D eigenvalue weighted by Crippen LogP contribution is 2.25. The van der Waals surface area contributed by atoms with Crippen LogP contribution in [0.25, 0.3) is 0 Å². The lowest BCUT2D eigenvalue weighted by Gasteiger charge is -2.31. The number of nitrogens with one attached hydrogen (secondary N) is 1. The molecule has 0 radical (unpaired) electrons. The van der Waals surface area contributed by atoms with Crippen LogP contribution in [0.15, 0.2) is 53.4 Å². The molecule has 172 valence electrons. The Morgan fingerprint density at radius 2 is 1.62 bits per heavy atom. The van der Waals surface area contributed by atoms with Crippen LogP contribution in [-0.2, 0) is 21.4 Å². The zero-order valence-electron chi connectivity index (χ0n) is 18.8. The third kappa shape index (κ3) is 5.33. The highest BCUT2D eigenvalue weighted by atomic mass is 32.2. The normalized spacial score (nSPS) is 20.2. The Morgan fingerprint density at radius 3 is 2.31 bits per heavy atom. The van der Waals surface area contributed by atoms with Crippen LogP contribution in [0.4, 0.5) is 5.69 Å². The van der Waals surface area contributed by atoms with Crippen molar-refractivity contribution in [2.45, 2.75) is 50.5 Å². The summed E-state index contributed by atoms with van der Waals surface area (Å²) in [7, 11) is -3.58. The molecular formula is C25H33N3O3S. The summed E-state index contributed by atoms with van der Waals surface area (Å²) in [6.07, 6.45) is 5.20. The lowest BCUT2D eigenvalue weighted by Crippen LogP contribution is -2.45. The molecule has 2 saturated heterocycles. The van der Waals surface area contributed by atoms with E-state index in [9.17, 15) is 13.2 Å². The van der Waals surface area contributed by atoms with Crippen LogP contribution < -0.4 is 10.2 Å². The topological polar surface area (TPSA) is 69.7 Å². The number of benzene rings is 2. The molecule has 0 aromatic heterocycles. The standard InChI is InChI=1S/C25H33N3O3S/c1-20-7-13-24(14-8-20)32(30,31)28-17-5-6-22(19-28)25(29)26-18-21-9-11-23(12-10-21)27-15-3-2-4-16-27/h7-14,22H,2-6,15-19H2,1H3,(H,26,29)/t22-/m1/s1. The Bertz CT molecular complexity index is 1010. The maximum absolute atomic E-state index is 13.0. The predicted octanol–water partition coefficient (Wildman–Crippen LogP) is 3.70. The monoisotopic (exact) mass is 455 g/mol. The molecule has 1 amide bonds. The molecule has 1 N–H and O–H groups in total. The Kier molecular flexibility index (Phi) is 7.16. The summed E-state index contributed by atoms with van der Waals surface area (Å²) in [5.41, 5.74) is 3.31.